The van der Waals surface area contributed by atoms with Crippen LogP contribution in [0, 0.1) is 0 Å². The average Bonchev–Trinajstić information content (AvgIpc) is 2.28. The van der Waals surface area contributed by atoms with Crippen molar-refractivity contribution in [2.75, 3.05) is 20.3 Å². The maximum atomic E-state index is 11.9. The third kappa shape index (κ3) is 4.05. The van der Waals surface area contributed by atoms with E-state index in [0.717, 1.165) is 6.07 Å². The van der Waals surface area contributed by atoms with Crippen molar-refractivity contribution >= 4 is 31.9 Å². The molecule has 0 saturated carbocycles. The minimum absolute atomic E-state index is 0.100. The summed E-state index contributed by atoms with van der Waals surface area (Å²) in [5.74, 6) is -1.19. The van der Waals surface area contributed by atoms with E-state index in [1.54, 1.807) is 0 Å². The molecule has 1 aromatic carbocycles. The van der Waals surface area contributed by atoms with E-state index in [9.17, 15) is 13.2 Å². The number of ether oxygens (including phenoxy) is 1. The number of nitrogens with one attached hydrogen (secondary N) is 1. The van der Waals surface area contributed by atoms with Gasteiger partial charge < -0.3 is 9.84 Å². The van der Waals surface area contributed by atoms with Gasteiger partial charge in [-0.25, -0.2) is 17.9 Å². The van der Waals surface area contributed by atoms with Crippen molar-refractivity contribution in [1.82, 2.24) is 4.72 Å². The van der Waals surface area contributed by atoms with Crippen molar-refractivity contribution in [2.45, 2.75) is 4.90 Å². The molecule has 0 spiro atoms. The first kappa shape index (κ1) is 15.1. The SMILES string of the molecule is COCCNS(=O)(=O)c1cc(Br)cc(C(=O)O)c1. The second kappa shape index (κ2) is 6.28. The molecule has 1 rings (SSSR count). The summed E-state index contributed by atoms with van der Waals surface area (Å²) < 4.78 is 31.1. The van der Waals surface area contributed by atoms with Crippen LogP contribution in [0.25, 0.3) is 0 Å². The molecule has 0 atom stereocenters. The lowest BCUT2D eigenvalue weighted by atomic mass is 10.2. The molecule has 8 heteroatoms. The van der Waals surface area contributed by atoms with Crippen molar-refractivity contribution in [3.8, 4) is 0 Å². The number of carboxylic acids is 1. The number of hydrogen-bond donors (Lipinski definition) is 2. The Kier molecular flexibility index (Phi) is 5.27. The summed E-state index contributed by atoms with van der Waals surface area (Å²) in [5.41, 5.74) is -0.100. The molecule has 1 aromatic rings. The molecule has 0 fully saturated rings. The first-order valence-electron chi connectivity index (χ1n) is 4.89. The number of rotatable bonds is 6. The summed E-state index contributed by atoms with van der Waals surface area (Å²) in [6, 6.07) is 3.76. The van der Waals surface area contributed by atoms with E-state index in [-0.39, 0.29) is 23.6 Å². The molecular weight excluding hydrogens is 326 g/mol. The van der Waals surface area contributed by atoms with E-state index >= 15 is 0 Å². The third-order valence-corrected chi connectivity index (χ3v) is 3.93. The molecule has 0 unspecified atom stereocenters. The summed E-state index contributed by atoms with van der Waals surface area (Å²) in [4.78, 5) is 10.7. The van der Waals surface area contributed by atoms with Gasteiger partial charge in [-0.05, 0) is 18.2 Å². The van der Waals surface area contributed by atoms with Gasteiger partial charge in [-0.2, -0.15) is 0 Å². The first-order chi connectivity index (χ1) is 8.36. The fourth-order valence-electron chi connectivity index (χ4n) is 1.20. The summed E-state index contributed by atoms with van der Waals surface area (Å²) in [5, 5.41) is 8.86. The lowest BCUT2D eigenvalue weighted by Crippen LogP contribution is -2.27. The van der Waals surface area contributed by atoms with Crippen LogP contribution in [0.4, 0.5) is 0 Å². The van der Waals surface area contributed by atoms with Crippen molar-refractivity contribution in [3.05, 3.63) is 28.2 Å². The topological polar surface area (TPSA) is 92.7 Å². The second-order valence-corrected chi connectivity index (χ2v) is 6.05. The zero-order chi connectivity index (χ0) is 13.8. The van der Waals surface area contributed by atoms with Crippen LogP contribution in [0.5, 0.6) is 0 Å². The third-order valence-electron chi connectivity index (χ3n) is 2.03. The standard InChI is InChI=1S/C10H12BrNO5S/c1-17-3-2-12-18(15,16)9-5-7(10(13)14)4-8(11)6-9/h4-6,12H,2-3H2,1H3,(H,13,14). The molecule has 0 aliphatic rings. The molecule has 0 saturated heterocycles. The predicted octanol–water partition coefficient (Wildman–Crippen LogP) is 1.07. The molecule has 0 aliphatic heterocycles. The Bertz CT molecular complexity index is 543. The van der Waals surface area contributed by atoms with E-state index in [2.05, 4.69) is 20.7 Å². The van der Waals surface area contributed by atoms with E-state index < -0.39 is 16.0 Å². The van der Waals surface area contributed by atoms with E-state index in [0.29, 0.717) is 4.47 Å². The first-order valence-corrected chi connectivity index (χ1v) is 7.17. The largest absolute Gasteiger partial charge is 0.478 e. The second-order valence-electron chi connectivity index (χ2n) is 3.37. The number of halogens is 1. The number of methoxy groups -OCH3 is 1. The van der Waals surface area contributed by atoms with Gasteiger partial charge in [0.05, 0.1) is 17.1 Å². The van der Waals surface area contributed by atoms with E-state index in [1.807, 2.05) is 0 Å². The van der Waals surface area contributed by atoms with Crippen LogP contribution in [-0.2, 0) is 14.8 Å². The molecular formula is C10H12BrNO5S. The van der Waals surface area contributed by atoms with Crippen molar-refractivity contribution in [3.63, 3.8) is 0 Å². The van der Waals surface area contributed by atoms with Gasteiger partial charge in [-0.3, -0.25) is 0 Å². The van der Waals surface area contributed by atoms with Gasteiger partial charge in [0.2, 0.25) is 10.0 Å². The van der Waals surface area contributed by atoms with Crippen LogP contribution in [0.3, 0.4) is 0 Å². The summed E-state index contributed by atoms with van der Waals surface area (Å²) >= 11 is 3.08. The quantitative estimate of drug-likeness (QED) is 0.757. The van der Waals surface area contributed by atoms with Gasteiger partial charge in [-0.15, -0.1) is 0 Å². The number of carboxylic acid groups (broad SMARTS) is 1. The van der Waals surface area contributed by atoms with Crippen LogP contribution in [0.1, 0.15) is 10.4 Å². The van der Waals surface area contributed by atoms with Crippen LogP contribution >= 0.6 is 15.9 Å². The van der Waals surface area contributed by atoms with Crippen molar-refractivity contribution in [2.24, 2.45) is 0 Å². The number of aromatic carboxylic acids is 1. The zero-order valence-electron chi connectivity index (χ0n) is 9.51. The maximum absolute atomic E-state index is 11.9. The van der Waals surface area contributed by atoms with Crippen LogP contribution in [0.15, 0.2) is 27.6 Å². The van der Waals surface area contributed by atoms with E-state index in [4.69, 9.17) is 9.84 Å². The van der Waals surface area contributed by atoms with Crippen LogP contribution in [0.2, 0.25) is 0 Å². The molecule has 0 aromatic heterocycles. The van der Waals surface area contributed by atoms with Gasteiger partial charge in [0.1, 0.15) is 0 Å². The Balaban J connectivity index is 3.05. The highest BCUT2D eigenvalue weighted by Gasteiger charge is 2.16. The predicted molar refractivity (Wildman–Crippen MR) is 68.2 cm³/mol. The van der Waals surface area contributed by atoms with Gasteiger partial charge in [0.25, 0.3) is 0 Å². The molecule has 6 nitrogen and oxygen atoms in total. The number of hydrogen-bond acceptors (Lipinski definition) is 4. The van der Waals surface area contributed by atoms with E-state index in [1.165, 1.54) is 19.2 Å². The molecule has 0 bridgehead atoms. The van der Waals surface area contributed by atoms with Gasteiger partial charge in [-0.1, -0.05) is 15.9 Å². The Hall–Kier alpha value is -0.960. The average molecular weight is 338 g/mol. The highest BCUT2D eigenvalue weighted by Crippen LogP contribution is 2.19. The molecule has 18 heavy (non-hydrogen) atoms. The fourth-order valence-corrected chi connectivity index (χ4v) is 2.93. The van der Waals surface area contributed by atoms with Crippen LogP contribution < -0.4 is 4.72 Å². The summed E-state index contributed by atoms with van der Waals surface area (Å²) in [6.07, 6.45) is 0. The Labute approximate surface area is 113 Å². The Morgan fingerprint density at radius 2 is 2.11 bits per heavy atom. The fraction of sp³-hybridized carbons (Fsp3) is 0.300. The molecule has 0 aliphatic carbocycles. The highest BCUT2D eigenvalue weighted by atomic mass is 79.9. The number of sulfonamides is 1. The maximum Gasteiger partial charge on any atom is 0.335 e. The number of carbonyl (C=O) groups is 1. The molecule has 0 heterocycles. The van der Waals surface area contributed by atoms with Crippen molar-refractivity contribution in [1.29, 1.82) is 0 Å². The molecule has 0 amide bonds. The smallest absolute Gasteiger partial charge is 0.335 e. The van der Waals surface area contributed by atoms with Crippen molar-refractivity contribution < 1.29 is 23.1 Å². The summed E-state index contributed by atoms with van der Waals surface area (Å²) in [6.45, 7) is 0.354. The minimum Gasteiger partial charge on any atom is -0.478 e. The number of benzene rings is 1. The van der Waals surface area contributed by atoms with Crippen LogP contribution in [-0.4, -0.2) is 39.8 Å². The monoisotopic (exact) mass is 337 g/mol. The van der Waals surface area contributed by atoms with Gasteiger partial charge >= 0.3 is 5.97 Å². The lowest BCUT2D eigenvalue weighted by Gasteiger charge is -2.07. The minimum atomic E-state index is -3.73. The lowest BCUT2D eigenvalue weighted by molar-refractivity contribution is 0.0696. The van der Waals surface area contributed by atoms with Gasteiger partial charge in [0.15, 0.2) is 0 Å². The Morgan fingerprint density at radius 3 is 2.67 bits per heavy atom. The Morgan fingerprint density at radius 1 is 1.44 bits per heavy atom. The highest BCUT2D eigenvalue weighted by molar-refractivity contribution is 9.10. The normalized spacial score (nSPS) is 11.4. The molecule has 100 valence electrons. The molecule has 2 N–H and O–H groups in total. The summed E-state index contributed by atoms with van der Waals surface area (Å²) in [7, 11) is -2.28. The molecule has 0 radical (unpaired) electrons. The van der Waals surface area contributed by atoms with Gasteiger partial charge in [0, 0.05) is 18.1 Å². The zero-order valence-corrected chi connectivity index (χ0v) is 11.9.